The standard InChI is InChI=1S/C18H22N2O3S/c1-4-20(5-2)17-11-9-16(10-12-17)19-24(22,23)18-8-6-7-15(13-18)14(3)21/h6-13,19H,4-5H2,1-3H3. The van der Waals surface area contributed by atoms with Crippen molar-refractivity contribution in [2.45, 2.75) is 25.7 Å². The van der Waals surface area contributed by atoms with E-state index in [9.17, 15) is 13.2 Å². The summed E-state index contributed by atoms with van der Waals surface area (Å²) in [5.74, 6) is -0.171. The molecule has 2 aromatic rings. The lowest BCUT2D eigenvalue weighted by Gasteiger charge is -2.21. The first kappa shape index (κ1) is 18.0. The van der Waals surface area contributed by atoms with Crippen LogP contribution in [-0.2, 0) is 10.0 Å². The second-order valence-electron chi connectivity index (χ2n) is 5.41. The van der Waals surface area contributed by atoms with Gasteiger partial charge in [-0.1, -0.05) is 12.1 Å². The molecule has 0 saturated carbocycles. The van der Waals surface area contributed by atoms with Gasteiger partial charge in [-0.15, -0.1) is 0 Å². The number of hydrogen-bond acceptors (Lipinski definition) is 4. The van der Waals surface area contributed by atoms with Gasteiger partial charge in [0.1, 0.15) is 0 Å². The molecular formula is C18H22N2O3S. The minimum absolute atomic E-state index is 0.0722. The highest BCUT2D eigenvalue weighted by atomic mass is 32.2. The molecule has 0 aliphatic heterocycles. The van der Waals surface area contributed by atoms with Gasteiger partial charge >= 0.3 is 0 Å². The normalized spacial score (nSPS) is 11.1. The SMILES string of the molecule is CCN(CC)c1ccc(NS(=O)(=O)c2cccc(C(C)=O)c2)cc1. The van der Waals surface area contributed by atoms with Crippen LogP contribution in [0.25, 0.3) is 0 Å². The van der Waals surface area contributed by atoms with Crippen LogP contribution in [0.15, 0.2) is 53.4 Å². The third-order valence-electron chi connectivity index (χ3n) is 3.80. The van der Waals surface area contributed by atoms with Crippen molar-refractivity contribution in [2.24, 2.45) is 0 Å². The number of carbonyl (C=O) groups excluding carboxylic acids is 1. The quantitative estimate of drug-likeness (QED) is 0.779. The molecule has 0 fully saturated rings. The number of Topliss-reactive ketones (excluding diaryl/α,β-unsaturated/α-hetero) is 1. The number of rotatable bonds is 7. The molecule has 0 aliphatic carbocycles. The van der Waals surface area contributed by atoms with Crippen molar-refractivity contribution in [1.29, 1.82) is 0 Å². The van der Waals surface area contributed by atoms with Gasteiger partial charge in [0.2, 0.25) is 0 Å². The number of nitrogens with zero attached hydrogens (tertiary/aromatic N) is 1. The maximum Gasteiger partial charge on any atom is 0.261 e. The first-order chi connectivity index (χ1) is 11.4. The Balaban J connectivity index is 2.23. The van der Waals surface area contributed by atoms with E-state index in [-0.39, 0.29) is 10.7 Å². The van der Waals surface area contributed by atoms with Crippen molar-refractivity contribution in [1.82, 2.24) is 0 Å². The van der Waals surface area contributed by atoms with Gasteiger partial charge < -0.3 is 4.90 Å². The van der Waals surface area contributed by atoms with E-state index in [1.807, 2.05) is 12.1 Å². The van der Waals surface area contributed by atoms with E-state index in [0.29, 0.717) is 11.3 Å². The molecule has 0 aliphatic rings. The third-order valence-corrected chi connectivity index (χ3v) is 5.18. The Kier molecular flexibility index (Phi) is 5.62. The summed E-state index contributed by atoms with van der Waals surface area (Å²) in [6.45, 7) is 7.33. The second-order valence-corrected chi connectivity index (χ2v) is 7.09. The van der Waals surface area contributed by atoms with Gasteiger partial charge in [-0.3, -0.25) is 9.52 Å². The Morgan fingerprint density at radius 2 is 1.67 bits per heavy atom. The Morgan fingerprint density at radius 1 is 1.04 bits per heavy atom. The summed E-state index contributed by atoms with van der Waals surface area (Å²) in [5.41, 5.74) is 1.90. The Labute approximate surface area is 143 Å². The lowest BCUT2D eigenvalue weighted by atomic mass is 10.2. The molecule has 2 rings (SSSR count). The topological polar surface area (TPSA) is 66.5 Å². The summed E-state index contributed by atoms with van der Waals surface area (Å²) in [4.78, 5) is 13.7. The van der Waals surface area contributed by atoms with Gasteiger partial charge in [0.25, 0.3) is 10.0 Å². The maximum absolute atomic E-state index is 12.5. The summed E-state index contributed by atoms with van der Waals surface area (Å²) in [5, 5.41) is 0. The maximum atomic E-state index is 12.5. The van der Waals surface area contributed by atoms with Gasteiger partial charge in [0, 0.05) is 30.0 Å². The Hall–Kier alpha value is -2.34. The van der Waals surface area contributed by atoms with Crippen LogP contribution in [-0.4, -0.2) is 27.3 Å². The number of ketones is 1. The Morgan fingerprint density at radius 3 is 2.21 bits per heavy atom. The molecule has 24 heavy (non-hydrogen) atoms. The average Bonchev–Trinajstić information content (AvgIpc) is 2.57. The number of nitrogens with one attached hydrogen (secondary N) is 1. The fourth-order valence-electron chi connectivity index (χ4n) is 2.43. The smallest absolute Gasteiger partial charge is 0.261 e. The van der Waals surface area contributed by atoms with Crippen LogP contribution in [0.3, 0.4) is 0 Å². The first-order valence-corrected chi connectivity index (χ1v) is 9.34. The highest BCUT2D eigenvalue weighted by molar-refractivity contribution is 7.92. The fourth-order valence-corrected chi connectivity index (χ4v) is 3.53. The first-order valence-electron chi connectivity index (χ1n) is 7.86. The molecule has 0 bridgehead atoms. The largest absolute Gasteiger partial charge is 0.372 e. The van der Waals surface area contributed by atoms with Crippen LogP contribution >= 0.6 is 0 Å². The summed E-state index contributed by atoms with van der Waals surface area (Å²) in [6, 6.07) is 13.3. The molecule has 0 radical (unpaired) electrons. The van der Waals surface area contributed by atoms with Gasteiger partial charge in [-0.2, -0.15) is 0 Å². The van der Waals surface area contributed by atoms with E-state index in [0.717, 1.165) is 18.8 Å². The molecule has 5 nitrogen and oxygen atoms in total. The summed E-state index contributed by atoms with van der Waals surface area (Å²) >= 11 is 0. The van der Waals surface area contributed by atoms with E-state index >= 15 is 0 Å². The van der Waals surface area contributed by atoms with E-state index in [4.69, 9.17) is 0 Å². The van der Waals surface area contributed by atoms with E-state index in [1.165, 1.54) is 19.1 Å². The molecule has 2 aromatic carbocycles. The zero-order valence-corrected chi connectivity index (χ0v) is 14.9. The molecule has 0 spiro atoms. The van der Waals surface area contributed by atoms with Gasteiger partial charge in [0.15, 0.2) is 5.78 Å². The predicted molar refractivity (Wildman–Crippen MR) is 97.3 cm³/mol. The molecule has 1 N–H and O–H groups in total. The molecule has 0 atom stereocenters. The lowest BCUT2D eigenvalue weighted by Crippen LogP contribution is -2.21. The molecule has 0 aromatic heterocycles. The summed E-state index contributed by atoms with van der Waals surface area (Å²) < 4.78 is 27.5. The predicted octanol–water partition coefficient (Wildman–Crippen LogP) is 3.54. The molecule has 0 heterocycles. The highest BCUT2D eigenvalue weighted by Crippen LogP contribution is 2.21. The number of carbonyl (C=O) groups is 1. The Bertz CT molecular complexity index is 810. The minimum Gasteiger partial charge on any atom is -0.372 e. The van der Waals surface area contributed by atoms with Crippen LogP contribution in [0.5, 0.6) is 0 Å². The van der Waals surface area contributed by atoms with E-state index < -0.39 is 10.0 Å². The number of anilines is 2. The second kappa shape index (κ2) is 7.49. The lowest BCUT2D eigenvalue weighted by molar-refractivity contribution is 0.101. The van der Waals surface area contributed by atoms with Crippen molar-refractivity contribution in [2.75, 3.05) is 22.7 Å². The molecule has 0 amide bonds. The summed E-state index contributed by atoms with van der Waals surface area (Å²) in [6.07, 6.45) is 0. The van der Waals surface area contributed by atoms with Crippen molar-refractivity contribution in [3.63, 3.8) is 0 Å². The zero-order chi connectivity index (χ0) is 17.7. The minimum atomic E-state index is -3.73. The van der Waals surface area contributed by atoms with E-state index in [1.54, 1.807) is 24.3 Å². The van der Waals surface area contributed by atoms with Crippen LogP contribution in [0.2, 0.25) is 0 Å². The number of hydrogen-bond donors (Lipinski definition) is 1. The highest BCUT2D eigenvalue weighted by Gasteiger charge is 2.15. The van der Waals surface area contributed by atoms with E-state index in [2.05, 4.69) is 23.5 Å². The zero-order valence-electron chi connectivity index (χ0n) is 14.1. The van der Waals surface area contributed by atoms with Crippen LogP contribution in [0, 0.1) is 0 Å². The number of benzene rings is 2. The van der Waals surface area contributed by atoms with Gasteiger partial charge in [-0.05, 0) is 57.2 Å². The van der Waals surface area contributed by atoms with Crippen LogP contribution < -0.4 is 9.62 Å². The van der Waals surface area contributed by atoms with Gasteiger partial charge in [0.05, 0.1) is 4.90 Å². The van der Waals surface area contributed by atoms with Crippen molar-refractivity contribution >= 4 is 27.2 Å². The van der Waals surface area contributed by atoms with Gasteiger partial charge in [-0.25, -0.2) is 8.42 Å². The molecule has 0 unspecified atom stereocenters. The van der Waals surface area contributed by atoms with Crippen molar-refractivity contribution in [3.05, 3.63) is 54.1 Å². The van der Waals surface area contributed by atoms with Crippen LogP contribution in [0.4, 0.5) is 11.4 Å². The molecular weight excluding hydrogens is 324 g/mol. The fraction of sp³-hybridized carbons (Fsp3) is 0.278. The summed E-state index contributed by atoms with van der Waals surface area (Å²) in [7, 11) is -3.73. The van der Waals surface area contributed by atoms with Crippen LogP contribution in [0.1, 0.15) is 31.1 Å². The third kappa shape index (κ3) is 4.14. The monoisotopic (exact) mass is 346 g/mol. The number of sulfonamides is 1. The van der Waals surface area contributed by atoms with Crippen molar-refractivity contribution < 1.29 is 13.2 Å². The molecule has 6 heteroatoms. The van der Waals surface area contributed by atoms with Crippen molar-refractivity contribution in [3.8, 4) is 0 Å². The molecule has 0 saturated heterocycles. The average molecular weight is 346 g/mol. The molecule has 128 valence electrons.